The van der Waals surface area contributed by atoms with Crippen molar-refractivity contribution in [3.05, 3.63) is 34.9 Å². The number of carboxylic acid groups (broad SMARTS) is 1. The average molecular weight is 279 g/mol. The lowest BCUT2D eigenvalue weighted by atomic mass is 10.1. The van der Waals surface area contributed by atoms with Crippen molar-refractivity contribution in [3.8, 4) is 0 Å². The molecule has 0 bridgehead atoms. The summed E-state index contributed by atoms with van der Waals surface area (Å²) in [7, 11) is 0. The van der Waals surface area contributed by atoms with Crippen LogP contribution in [0.4, 0.5) is 0 Å². The second-order valence-corrected chi connectivity index (χ2v) is 4.81. The lowest BCUT2D eigenvalue weighted by molar-refractivity contribution is -0.137. The van der Waals surface area contributed by atoms with Crippen LogP contribution < -0.4 is 0 Å². The standard InChI is InChI=1S/C15H21NO4/c1-11-4-5-13(10-12(11)2)15(20)16(7-3-9-17)8-6-14(18)19/h4-5,10,17H,3,6-9H2,1-2H3,(H,18,19). The molecule has 110 valence electrons. The third-order valence-corrected chi connectivity index (χ3v) is 3.22. The fourth-order valence-electron chi connectivity index (χ4n) is 1.86. The Labute approximate surface area is 118 Å². The molecule has 0 aliphatic rings. The third-order valence-electron chi connectivity index (χ3n) is 3.22. The lowest BCUT2D eigenvalue weighted by Gasteiger charge is -2.22. The molecular weight excluding hydrogens is 258 g/mol. The Morgan fingerprint density at radius 3 is 2.40 bits per heavy atom. The summed E-state index contributed by atoms with van der Waals surface area (Å²) in [4.78, 5) is 24.5. The van der Waals surface area contributed by atoms with Crippen LogP contribution in [-0.2, 0) is 4.79 Å². The second-order valence-electron chi connectivity index (χ2n) is 4.81. The van der Waals surface area contributed by atoms with Crippen LogP contribution in [-0.4, -0.2) is 46.7 Å². The van der Waals surface area contributed by atoms with E-state index in [1.807, 2.05) is 26.0 Å². The van der Waals surface area contributed by atoms with Gasteiger partial charge >= 0.3 is 5.97 Å². The van der Waals surface area contributed by atoms with E-state index in [4.69, 9.17) is 10.2 Å². The molecule has 0 saturated carbocycles. The molecule has 5 heteroatoms. The average Bonchev–Trinajstić information content (AvgIpc) is 2.41. The predicted octanol–water partition coefficient (Wildman–Crippen LogP) is 1.60. The number of amides is 1. The summed E-state index contributed by atoms with van der Waals surface area (Å²) in [5.41, 5.74) is 2.68. The summed E-state index contributed by atoms with van der Waals surface area (Å²) in [6.07, 6.45) is 0.345. The SMILES string of the molecule is Cc1ccc(C(=O)N(CCCO)CCC(=O)O)cc1C. The van der Waals surface area contributed by atoms with Crippen molar-refractivity contribution in [3.63, 3.8) is 0 Å². The number of benzene rings is 1. The van der Waals surface area contributed by atoms with Crippen molar-refractivity contribution in [1.29, 1.82) is 0 Å². The first-order valence-corrected chi connectivity index (χ1v) is 6.65. The predicted molar refractivity (Wildman–Crippen MR) is 75.8 cm³/mol. The Balaban J connectivity index is 2.84. The number of aliphatic hydroxyl groups is 1. The van der Waals surface area contributed by atoms with Gasteiger partial charge in [0.25, 0.3) is 5.91 Å². The van der Waals surface area contributed by atoms with Crippen LogP contribution in [0.3, 0.4) is 0 Å². The zero-order valence-electron chi connectivity index (χ0n) is 11.9. The molecule has 0 heterocycles. The lowest BCUT2D eigenvalue weighted by Crippen LogP contribution is -2.34. The minimum Gasteiger partial charge on any atom is -0.481 e. The molecule has 0 atom stereocenters. The summed E-state index contributed by atoms with van der Waals surface area (Å²) >= 11 is 0. The molecule has 0 radical (unpaired) electrons. The number of hydrogen-bond acceptors (Lipinski definition) is 3. The normalized spacial score (nSPS) is 10.3. The van der Waals surface area contributed by atoms with Crippen LogP contribution in [0.2, 0.25) is 0 Å². The number of aryl methyl sites for hydroxylation is 2. The van der Waals surface area contributed by atoms with E-state index in [1.165, 1.54) is 4.90 Å². The summed E-state index contributed by atoms with van der Waals surface area (Å²) in [6, 6.07) is 5.44. The molecule has 5 nitrogen and oxygen atoms in total. The maximum Gasteiger partial charge on any atom is 0.305 e. The van der Waals surface area contributed by atoms with E-state index >= 15 is 0 Å². The Hall–Kier alpha value is -1.88. The van der Waals surface area contributed by atoms with Gasteiger partial charge in [-0.15, -0.1) is 0 Å². The van der Waals surface area contributed by atoms with Crippen molar-refractivity contribution in [2.75, 3.05) is 19.7 Å². The van der Waals surface area contributed by atoms with E-state index < -0.39 is 5.97 Å². The van der Waals surface area contributed by atoms with Crippen molar-refractivity contribution < 1.29 is 19.8 Å². The van der Waals surface area contributed by atoms with Crippen LogP contribution in [0, 0.1) is 13.8 Å². The van der Waals surface area contributed by atoms with Gasteiger partial charge in [-0.25, -0.2) is 0 Å². The van der Waals surface area contributed by atoms with Crippen LogP contribution >= 0.6 is 0 Å². The zero-order chi connectivity index (χ0) is 15.1. The van der Waals surface area contributed by atoms with Gasteiger partial charge in [-0.3, -0.25) is 9.59 Å². The summed E-state index contributed by atoms with van der Waals surface area (Å²) in [5.74, 6) is -1.13. The molecule has 0 fully saturated rings. The largest absolute Gasteiger partial charge is 0.481 e. The molecule has 1 aromatic rings. The topological polar surface area (TPSA) is 77.8 Å². The van der Waals surface area contributed by atoms with Gasteiger partial charge in [-0.2, -0.15) is 0 Å². The van der Waals surface area contributed by atoms with Gasteiger partial charge in [0, 0.05) is 25.3 Å². The Bertz CT molecular complexity index is 485. The number of aliphatic hydroxyl groups excluding tert-OH is 1. The van der Waals surface area contributed by atoms with Gasteiger partial charge in [0.05, 0.1) is 6.42 Å². The first-order valence-electron chi connectivity index (χ1n) is 6.65. The van der Waals surface area contributed by atoms with E-state index in [0.29, 0.717) is 18.5 Å². The fourth-order valence-corrected chi connectivity index (χ4v) is 1.86. The number of carbonyl (C=O) groups is 2. The molecule has 0 aliphatic carbocycles. The fraction of sp³-hybridized carbons (Fsp3) is 0.467. The van der Waals surface area contributed by atoms with Crippen molar-refractivity contribution >= 4 is 11.9 Å². The third kappa shape index (κ3) is 4.66. The number of carboxylic acids is 1. The van der Waals surface area contributed by atoms with Gasteiger partial charge in [0.2, 0.25) is 0 Å². The molecule has 1 rings (SSSR count). The molecule has 1 aromatic carbocycles. The highest BCUT2D eigenvalue weighted by molar-refractivity contribution is 5.94. The van der Waals surface area contributed by atoms with E-state index in [-0.39, 0.29) is 25.5 Å². The Kier molecular flexibility index (Phi) is 6.18. The molecule has 0 saturated heterocycles. The molecule has 0 unspecified atom stereocenters. The van der Waals surface area contributed by atoms with E-state index in [9.17, 15) is 9.59 Å². The summed E-state index contributed by atoms with van der Waals surface area (Å²) < 4.78 is 0. The second kappa shape index (κ2) is 7.65. The molecule has 0 spiro atoms. The van der Waals surface area contributed by atoms with Crippen LogP contribution in [0.5, 0.6) is 0 Å². The van der Waals surface area contributed by atoms with Crippen LogP contribution in [0.15, 0.2) is 18.2 Å². The van der Waals surface area contributed by atoms with Crippen molar-refractivity contribution in [1.82, 2.24) is 4.90 Å². The van der Waals surface area contributed by atoms with Gasteiger partial charge < -0.3 is 15.1 Å². The zero-order valence-corrected chi connectivity index (χ0v) is 11.9. The molecule has 0 aliphatic heterocycles. The molecule has 1 amide bonds. The Morgan fingerprint density at radius 1 is 1.15 bits per heavy atom. The maximum atomic E-state index is 12.4. The molecular formula is C15H21NO4. The highest BCUT2D eigenvalue weighted by Crippen LogP contribution is 2.12. The first-order chi connectivity index (χ1) is 9.45. The van der Waals surface area contributed by atoms with Gasteiger partial charge in [-0.1, -0.05) is 6.07 Å². The smallest absolute Gasteiger partial charge is 0.305 e. The highest BCUT2D eigenvalue weighted by atomic mass is 16.4. The first kappa shape index (κ1) is 16.2. The van der Waals surface area contributed by atoms with Crippen LogP contribution in [0.1, 0.15) is 34.3 Å². The summed E-state index contributed by atoms with van der Waals surface area (Å²) in [5, 5.41) is 17.6. The maximum absolute atomic E-state index is 12.4. The summed E-state index contributed by atoms with van der Waals surface area (Å²) in [6.45, 7) is 4.39. The number of rotatable bonds is 7. The molecule has 20 heavy (non-hydrogen) atoms. The number of hydrogen-bond donors (Lipinski definition) is 2. The number of aliphatic carboxylic acids is 1. The number of carbonyl (C=O) groups excluding carboxylic acids is 1. The van der Waals surface area contributed by atoms with Crippen molar-refractivity contribution in [2.24, 2.45) is 0 Å². The number of nitrogens with zero attached hydrogens (tertiary/aromatic N) is 1. The minimum atomic E-state index is -0.938. The van der Waals surface area contributed by atoms with E-state index in [1.54, 1.807) is 6.07 Å². The Morgan fingerprint density at radius 2 is 1.85 bits per heavy atom. The monoisotopic (exact) mass is 279 g/mol. The van der Waals surface area contributed by atoms with Crippen molar-refractivity contribution in [2.45, 2.75) is 26.7 Å². The van der Waals surface area contributed by atoms with Gasteiger partial charge in [0.15, 0.2) is 0 Å². The quantitative estimate of drug-likeness (QED) is 0.794. The highest BCUT2D eigenvalue weighted by Gasteiger charge is 2.16. The van der Waals surface area contributed by atoms with E-state index in [0.717, 1.165) is 11.1 Å². The van der Waals surface area contributed by atoms with E-state index in [2.05, 4.69) is 0 Å². The van der Waals surface area contributed by atoms with Gasteiger partial charge in [0.1, 0.15) is 0 Å². The minimum absolute atomic E-state index is 0.0240. The van der Waals surface area contributed by atoms with Gasteiger partial charge in [-0.05, 0) is 43.5 Å². The van der Waals surface area contributed by atoms with Crippen LogP contribution in [0.25, 0.3) is 0 Å². The molecule has 2 N–H and O–H groups in total. The molecule has 0 aromatic heterocycles.